The number of rotatable bonds is 1. The fourth-order valence-corrected chi connectivity index (χ4v) is 1.52. The zero-order chi connectivity index (χ0) is 9.26. The summed E-state index contributed by atoms with van der Waals surface area (Å²) in [6, 6.07) is 5.02. The topological polar surface area (TPSA) is 57.2 Å². The van der Waals surface area contributed by atoms with Crippen molar-refractivity contribution in [2.75, 3.05) is 6.54 Å². The first-order chi connectivity index (χ1) is 6.27. The summed E-state index contributed by atoms with van der Waals surface area (Å²) in [4.78, 5) is 10.1. The Morgan fingerprint density at radius 1 is 1.38 bits per heavy atom. The maximum Gasteiger partial charge on any atom is 0.269 e. The van der Waals surface area contributed by atoms with Crippen molar-refractivity contribution < 1.29 is 4.92 Å². The average molecular weight is 177 g/mol. The molecule has 2 rings (SSSR count). The highest BCUT2D eigenvalue weighted by Crippen LogP contribution is 2.20. The Kier molecular flexibility index (Phi) is 1.98. The molecule has 1 heterocycles. The third-order valence-electron chi connectivity index (χ3n) is 2.22. The summed E-state index contributed by atoms with van der Waals surface area (Å²) in [5, 5.41) is 14.7. The van der Waals surface area contributed by atoms with Gasteiger partial charge in [0, 0.05) is 25.2 Å². The van der Waals surface area contributed by atoms with Gasteiger partial charge in [-0.2, -0.15) is 0 Å². The van der Waals surface area contributed by atoms with Gasteiger partial charge in [0.25, 0.3) is 5.69 Å². The van der Waals surface area contributed by atoms with Crippen LogP contribution in [0.4, 0.5) is 5.69 Å². The average Bonchev–Trinajstić information content (AvgIpc) is 2.17. The standard InChI is InChI=1S/C9H9N2O2/c12-11(13)9-2-1-7-3-4-10-6-8(7)5-9/h1-2,5H,3-4,6H2. The maximum absolute atomic E-state index is 10.5. The van der Waals surface area contributed by atoms with E-state index in [1.54, 1.807) is 12.1 Å². The van der Waals surface area contributed by atoms with Crippen LogP contribution in [0.1, 0.15) is 11.1 Å². The Morgan fingerprint density at radius 3 is 3.00 bits per heavy atom. The first-order valence-electron chi connectivity index (χ1n) is 4.17. The summed E-state index contributed by atoms with van der Waals surface area (Å²) in [7, 11) is 0. The third kappa shape index (κ3) is 1.53. The molecular weight excluding hydrogens is 168 g/mol. The molecule has 4 heteroatoms. The second-order valence-electron chi connectivity index (χ2n) is 3.07. The van der Waals surface area contributed by atoms with E-state index in [1.165, 1.54) is 5.56 Å². The van der Waals surface area contributed by atoms with Gasteiger partial charge in [0.15, 0.2) is 0 Å². The molecule has 0 spiro atoms. The van der Waals surface area contributed by atoms with E-state index in [-0.39, 0.29) is 10.6 Å². The molecule has 0 fully saturated rings. The lowest BCUT2D eigenvalue weighted by Crippen LogP contribution is -2.17. The van der Waals surface area contributed by atoms with Crippen LogP contribution < -0.4 is 5.32 Å². The molecule has 0 saturated heterocycles. The van der Waals surface area contributed by atoms with Crippen LogP contribution in [0.15, 0.2) is 18.2 Å². The molecule has 1 aromatic rings. The van der Waals surface area contributed by atoms with E-state index in [0.29, 0.717) is 6.54 Å². The van der Waals surface area contributed by atoms with Crippen LogP contribution >= 0.6 is 0 Å². The molecule has 4 nitrogen and oxygen atoms in total. The lowest BCUT2D eigenvalue weighted by Gasteiger charge is -2.14. The number of nitro benzene ring substituents is 1. The van der Waals surface area contributed by atoms with E-state index >= 15 is 0 Å². The van der Waals surface area contributed by atoms with Crippen LogP contribution in [0.3, 0.4) is 0 Å². The second kappa shape index (κ2) is 3.14. The number of fused-ring (bicyclic) bond motifs is 1. The molecule has 0 aromatic heterocycles. The van der Waals surface area contributed by atoms with Crippen molar-refractivity contribution in [3.63, 3.8) is 0 Å². The van der Waals surface area contributed by atoms with Crippen molar-refractivity contribution in [2.24, 2.45) is 0 Å². The molecule has 0 saturated carbocycles. The smallest absolute Gasteiger partial charge is 0.258 e. The predicted molar refractivity (Wildman–Crippen MR) is 47.5 cm³/mol. The van der Waals surface area contributed by atoms with Crippen molar-refractivity contribution >= 4 is 5.69 Å². The molecule has 67 valence electrons. The van der Waals surface area contributed by atoms with Gasteiger partial charge in [0.1, 0.15) is 0 Å². The monoisotopic (exact) mass is 177 g/mol. The lowest BCUT2D eigenvalue weighted by molar-refractivity contribution is -0.384. The van der Waals surface area contributed by atoms with Crippen molar-refractivity contribution in [2.45, 2.75) is 13.0 Å². The Labute approximate surface area is 75.7 Å². The van der Waals surface area contributed by atoms with Gasteiger partial charge < -0.3 is 0 Å². The van der Waals surface area contributed by atoms with Gasteiger partial charge in [-0.1, -0.05) is 6.07 Å². The minimum absolute atomic E-state index is 0.163. The van der Waals surface area contributed by atoms with Crippen LogP contribution in [-0.2, 0) is 13.0 Å². The first kappa shape index (κ1) is 8.19. The van der Waals surface area contributed by atoms with Gasteiger partial charge in [-0.15, -0.1) is 0 Å². The normalized spacial score (nSPS) is 15.1. The van der Waals surface area contributed by atoms with Gasteiger partial charge in [0.05, 0.1) is 4.92 Å². The molecule has 0 atom stereocenters. The minimum Gasteiger partial charge on any atom is -0.258 e. The molecule has 1 radical (unpaired) electrons. The van der Waals surface area contributed by atoms with E-state index in [1.807, 2.05) is 6.07 Å². The van der Waals surface area contributed by atoms with Gasteiger partial charge in [0.2, 0.25) is 0 Å². The van der Waals surface area contributed by atoms with E-state index in [9.17, 15) is 10.1 Å². The zero-order valence-corrected chi connectivity index (χ0v) is 7.06. The quantitative estimate of drug-likeness (QED) is 0.479. The Bertz CT molecular complexity index is 349. The van der Waals surface area contributed by atoms with E-state index in [2.05, 4.69) is 5.32 Å². The molecular formula is C9H9N2O2. The van der Waals surface area contributed by atoms with Gasteiger partial charge in [-0.25, -0.2) is 5.32 Å². The highest BCUT2D eigenvalue weighted by atomic mass is 16.6. The van der Waals surface area contributed by atoms with E-state index < -0.39 is 0 Å². The summed E-state index contributed by atoms with van der Waals surface area (Å²) < 4.78 is 0. The highest BCUT2D eigenvalue weighted by molar-refractivity contribution is 5.40. The third-order valence-corrected chi connectivity index (χ3v) is 2.22. The number of non-ortho nitro benzene ring substituents is 1. The molecule has 1 aliphatic heterocycles. The fraction of sp³-hybridized carbons (Fsp3) is 0.333. The summed E-state index contributed by atoms with van der Waals surface area (Å²) >= 11 is 0. The molecule has 1 aromatic carbocycles. The van der Waals surface area contributed by atoms with Crippen molar-refractivity contribution in [3.05, 3.63) is 39.4 Å². The molecule has 0 aliphatic carbocycles. The predicted octanol–water partition coefficient (Wildman–Crippen LogP) is 1.26. The van der Waals surface area contributed by atoms with Gasteiger partial charge >= 0.3 is 0 Å². The summed E-state index contributed by atoms with van der Waals surface area (Å²) in [6.45, 7) is 1.46. The first-order valence-corrected chi connectivity index (χ1v) is 4.17. The molecule has 0 bridgehead atoms. The summed E-state index contributed by atoms with van der Waals surface area (Å²) in [5.74, 6) is 0. The number of nitro groups is 1. The molecule has 0 unspecified atom stereocenters. The van der Waals surface area contributed by atoms with Crippen LogP contribution in [0.5, 0.6) is 0 Å². The van der Waals surface area contributed by atoms with Crippen molar-refractivity contribution in [1.29, 1.82) is 0 Å². The molecule has 1 aliphatic rings. The van der Waals surface area contributed by atoms with E-state index in [4.69, 9.17) is 0 Å². The summed E-state index contributed by atoms with van der Waals surface area (Å²) in [5.41, 5.74) is 2.36. The second-order valence-corrected chi connectivity index (χ2v) is 3.07. The van der Waals surface area contributed by atoms with Crippen LogP contribution in [-0.4, -0.2) is 11.5 Å². The fourth-order valence-electron chi connectivity index (χ4n) is 1.52. The van der Waals surface area contributed by atoms with Crippen molar-refractivity contribution in [3.8, 4) is 0 Å². The Balaban J connectivity index is 2.40. The van der Waals surface area contributed by atoms with Crippen molar-refractivity contribution in [1.82, 2.24) is 5.32 Å². The zero-order valence-electron chi connectivity index (χ0n) is 7.06. The van der Waals surface area contributed by atoms with Crippen LogP contribution in [0.25, 0.3) is 0 Å². The lowest BCUT2D eigenvalue weighted by atomic mass is 10.0. The molecule has 0 amide bonds. The highest BCUT2D eigenvalue weighted by Gasteiger charge is 2.13. The minimum atomic E-state index is -0.366. The van der Waals surface area contributed by atoms with Gasteiger partial charge in [-0.05, 0) is 17.5 Å². The Hall–Kier alpha value is -1.42. The number of hydrogen-bond donors (Lipinski definition) is 0. The number of nitrogens with zero attached hydrogens (tertiary/aromatic N) is 2. The SMILES string of the molecule is O=[N+]([O-])c1ccc2c(c1)C[N]CC2. The van der Waals surface area contributed by atoms with Crippen LogP contribution in [0.2, 0.25) is 0 Å². The summed E-state index contributed by atoms with van der Waals surface area (Å²) in [6.07, 6.45) is 0.910. The van der Waals surface area contributed by atoms with Gasteiger partial charge in [-0.3, -0.25) is 10.1 Å². The largest absolute Gasteiger partial charge is 0.269 e. The molecule has 13 heavy (non-hydrogen) atoms. The molecule has 0 N–H and O–H groups in total. The number of hydrogen-bond acceptors (Lipinski definition) is 2. The van der Waals surface area contributed by atoms with E-state index in [0.717, 1.165) is 18.5 Å². The number of benzene rings is 1. The Morgan fingerprint density at radius 2 is 2.23 bits per heavy atom. The van der Waals surface area contributed by atoms with Crippen LogP contribution in [0, 0.1) is 10.1 Å². The maximum atomic E-state index is 10.5.